The van der Waals surface area contributed by atoms with Crippen LogP contribution in [0.5, 0.6) is 0 Å². The molecule has 0 radical (unpaired) electrons. The van der Waals surface area contributed by atoms with E-state index in [-0.39, 0.29) is 17.8 Å². The number of furan rings is 1. The van der Waals surface area contributed by atoms with Gasteiger partial charge in [0.25, 0.3) is 5.91 Å². The van der Waals surface area contributed by atoms with Crippen LogP contribution < -0.4 is 5.32 Å². The van der Waals surface area contributed by atoms with Gasteiger partial charge < -0.3 is 9.73 Å². The fourth-order valence-electron chi connectivity index (χ4n) is 2.99. The Morgan fingerprint density at radius 1 is 1.22 bits per heavy atom. The van der Waals surface area contributed by atoms with E-state index >= 15 is 0 Å². The molecule has 1 N–H and O–H groups in total. The first-order valence-electron chi connectivity index (χ1n) is 8.64. The third kappa shape index (κ3) is 3.60. The summed E-state index contributed by atoms with van der Waals surface area (Å²) in [5.41, 5.74) is 2.32. The molecule has 1 amide bonds. The summed E-state index contributed by atoms with van der Waals surface area (Å²) in [5, 5.41) is 8.26. The van der Waals surface area contributed by atoms with E-state index in [0.717, 1.165) is 16.5 Å². The summed E-state index contributed by atoms with van der Waals surface area (Å²) in [4.78, 5) is 12.6. The van der Waals surface area contributed by atoms with Crippen LogP contribution in [-0.2, 0) is 6.54 Å². The Morgan fingerprint density at radius 3 is 2.78 bits per heavy atom. The number of halogens is 1. The minimum Gasteiger partial charge on any atom is -0.467 e. The summed E-state index contributed by atoms with van der Waals surface area (Å²) in [6.45, 7) is 2.37. The lowest BCUT2D eigenvalue weighted by molar-refractivity contribution is 0.0935. The molecule has 5 nitrogen and oxygen atoms in total. The highest BCUT2D eigenvalue weighted by molar-refractivity contribution is 5.98. The number of nitrogens with one attached hydrogen (secondary N) is 1. The maximum absolute atomic E-state index is 13.1. The summed E-state index contributed by atoms with van der Waals surface area (Å²) < 4.78 is 20.2. The van der Waals surface area contributed by atoms with Gasteiger partial charge in [0.2, 0.25) is 0 Å². The molecule has 1 atom stereocenters. The van der Waals surface area contributed by atoms with Crippen LogP contribution in [0.1, 0.15) is 34.6 Å². The van der Waals surface area contributed by atoms with Crippen molar-refractivity contribution in [1.29, 1.82) is 0 Å². The summed E-state index contributed by atoms with van der Waals surface area (Å²) in [6, 6.07) is 15.2. The van der Waals surface area contributed by atoms with Gasteiger partial charge in [-0.2, -0.15) is 5.10 Å². The SMILES string of the molecule is C[C@@H](NC(=O)c1ccc2cnn(Cc3ccc(F)cc3)c2c1)c1ccco1. The van der Waals surface area contributed by atoms with E-state index in [2.05, 4.69) is 10.4 Å². The van der Waals surface area contributed by atoms with Gasteiger partial charge in [-0.3, -0.25) is 9.48 Å². The minimum absolute atomic E-state index is 0.185. The highest BCUT2D eigenvalue weighted by Gasteiger charge is 2.15. The highest BCUT2D eigenvalue weighted by Crippen LogP contribution is 2.19. The third-order valence-electron chi connectivity index (χ3n) is 4.47. The smallest absolute Gasteiger partial charge is 0.251 e. The van der Waals surface area contributed by atoms with Crippen molar-refractivity contribution in [2.75, 3.05) is 0 Å². The summed E-state index contributed by atoms with van der Waals surface area (Å²) in [5.74, 6) is 0.245. The monoisotopic (exact) mass is 363 g/mol. The van der Waals surface area contributed by atoms with Crippen molar-refractivity contribution in [3.05, 3.63) is 89.8 Å². The van der Waals surface area contributed by atoms with Gasteiger partial charge in [0, 0.05) is 10.9 Å². The molecular formula is C21H18FN3O2. The van der Waals surface area contributed by atoms with Crippen molar-refractivity contribution in [2.45, 2.75) is 19.5 Å². The second kappa shape index (κ2) is 7.07. The van der Waals surface area contributed by atoms with Crippen molar-refractivity contribution in [3.63, 3.8) is 0 Å². The highest BCUT2D eigenvalue weighted by atomic mass is 19.1. The van der Waals surface area contributed by atoms with E-state index in [9.17, 15) is 9.18 Å². The van der Waals surface area contributed by atoms with Gasteiger partial charge in [0.15, 0.2) is 0 Å². The first kappa shape index (κ1) is 17.0. The molecule has 4 aromatic rings. The van der Waals surface area contributed by atoms with Crippen molar-refractivity contribution in [1.82, 2.24) is 15.1 Å². The second-order valence-corrected chi connectivity index (χ2v) is 6.41. The Balaban J connectivity index is 1.57. The van der Waals surface area contributed by atoms with Crippen LogP contribution in [0.15, 0.2) is 71.5 Å². The number of hydrogen-bond donors (Lipinski definition) is 1. The van der Waals surface area contributed by atoms with E-state index in [0.29, 0.717) is 17.9 Å². The Labute approximate surface area is 155 Å². The Hall–Kier alpha value is -3.41. The number of fused-ring (bicyclic) bond motifs is 1. The van der Waals surface area contributed by atoms with Gasteiger partial charge in [-0.1, -0.05) is 18.2 Å². The lowest BCUT2D eigenvalue weighted by atomic mass is 10.1. The molecule has 0 fully saturated rings. The van der Waals surface area contributed by atoms with E-state index in [1.165, 1.54) is 12.1 Å². The van der Waals surface area contributed by atoms with Crippen LogP contribution in [-0.4, -0.2) is 15.7 Å². The quantitative estimate of drug-likeness (QED) is 0.575. The van der Waals surface area contributed by atoms with E-state index in [1.54, 1.807) is 41.4 Å². The second-order valence-electron chi connectivity index (χ2n) is 6.41. The first-order valence-corrected chi connectivity index (χ1v) is 8.64. The Kier molecular flexibility index (Phi) is 4.46. The lowest BCUT2D eigenvalue weighted by Gasteiger charge is -2.12. The molecule has 0 aliphatic carbocycles. The molecule has 4 rings (SSSR count). The number of rotatable bonds is 5. The zero-order valence-corrected chi connectivity index (χ0v) is 14.7. The molecule has 6 heteroatoms. The van der Waals surface area contributed by atoms with Crippen molar-refractivity contribution in [2.24, 2.45) is 0 Å². The predicted molar refractivity (Wildman–Crippen MR) is 99.8 cm³/mol. The fourth-order valence-corrected chi connectivity index (χ4v) is 2.99. The van der Waals surface area contributed by atoms with Gasteiger partial charge in [-0.05, 0) is 48.9 Å². The molecule has 0 bridgehead atoms. The largest absolute Gasteiger partial charge is 0.467 e. The number of benzene rings is 2. The normalized spacial score (nSPS) is 12.2. The number of aromatic nitrogens is 2. The van der Waals surface area contributed by atoms with Crippen molar-refractivity contribution >= 4 is 16.8 Å². The van der Waals surface area contributed by atoms with Crippen LogP contribution in [0.4, 0.5) is 4.39 Å². The molecule has 0 aliphatic heterocycles. The zero-order valence-electron chi connectivity index (χ0n) is 14.7. The van der Waals surface area contributed by atoms with Crippen LogP contribution in [0.2, 0.25) is 0 Å². The number of carbonyl (C=O) groups is 1. The van der Waals surface area contributed by atoms with Gasteiger partial charge in [-0.25, -0.2) is 4.39 Å². The molecule has 136 valence electrons. The van der Waals surface area contributed by atoms with E-state index in [1.807, 2.05) is 25.1 Å². The van der Waals surface area contributed by atoms with Crippen LogP contribution in [0.25, 0.3) is 10.9 Å². The molecular weight excluding hydrogens is 345 g/mol. The molecule has 0 saturated heterocycles. The molecule has 0 unspecified atom stereocenters. The molecule has 0 spiro atoms. The van der Waals surface area contributed by atoms with E-state index in [4.69, 9.17) is 4.42 Å². The molecule has 2 aromatic heterocycles. The van der Waals surface area contributed by atoms with Crippen LogP contribution in [0.3, 0.4) is 0 Å². The zero-order chi connectivity index (χ0) is 18.8. The number of nitrogens with zero attached hydrogens (tertiary/aromatic N) is 2. The lowest BCUT2D eigenvalue weighted by Crippen LogP contribution is -2.26. The number of hydrogen-bond acceptors (Lipinski definition) is 3. The number of carbonyl (C=O) groups excluding carboxylic acids is 1. The third-order valence-corrected chi connectivity index (χ3v) is 4.47. The maximum Gasteiger partial charge on any atom is 0.251 e. The Bertz CT molecular complexity index is 1070. The predicted octanol–water partition coefficient (Wildman–Crippen LogP) is 4.31. The first-order chi connectivity index (χ1) is 13.1. The summed E-state index contributed by atoms with van der Waals surface area (Å²) in [7, 11) is 0. The minimum atomic E-state index is -0.270. The fraction of sp³-hybridized carbons (Fsp3) is 0.143. The summed E-state index contributed by atoms with van der Waals surface area (Å²) in [6.07, 6.45) is 3.34. The Morgan fingerprint density at radius 2 is 2.04 bits per heavy atom. The average Bonchev–Trinajstić information content (AvgIpc) is 3.34. The summed E-state index contributed by atoms with van der Waals surface area (Å²) >= 11 is 0. The number of amides is 1. The van der Waals surface area contributed by atoms with E-state index < -0.39 is 0 Å². The molecule has 2 heterocycles. The van der Waals surface area contributed by atoms with Gasteiger partial charge in [-0.15, -0.1) is 0 Å². The average molecular weight is 363 g/mol. The van der Waals surface area contributed by atoms with Crippen molar-refractivity contribution in [3.8, 4) is 0 Å². The van der Waals surface area contributed by atoms with Crippen molar-refractivity contribution < 1.29 is 13.6 Å². The molecule has 0 saturated carbocycles. The standard InChI is InChI=1S/C21H18FN3O2/c1-14(20-3-2-10-27-20)24-21(26)16-6-7-17-12-23-25(19(17)11-16)13-15-4-8-18(22)9-5-15/h2-12,14H,13H2,1H3,(H,24,26)/t14-/m1/s1. The van der Waals surface area contributed by atoms with Crippen LogP contribution >= 0.6 is 0 Å². The van der Waals surface area contributed by atoms with Gasteiger partial charge in [0.05, 0.1) is 30.6 Å². The van der Waals surface area contributed by atoms with Crippen LogP contribution in [0, 0.1) is 5.82 Å². The maximum atomic E-state index is 13.1. The van der Waals surface area contributed by atoms with Gasteiger partial charge >= 0.3 is 0 Å². The molecule has 0 aliphatic rings. The molecule has 27 heavy (non-hydrogen) atoms. The topological polar surface area (TPSA) is 60.1 Å². The molecule has 2 aromatic carbocycles. The van der Waals surface area contributed by atoms with Gasteiger partial charge in [0.1, 0.15) is 11.6 Å².